The highest BCUT2D eigenvalue weighted by atomic mass is 16.4. The molecule has 104 valence electrons. The van der Waals surface area contributed by atoms with Gasteiger partial charge in [-0.1, -0.05) is 19.4 Å². The summed E-state index contributed by atoms with van der Waals surface area (Å²) < 4.78 is 0. The molecule has 0 radical (unpaired) electrons. The summed E-state index contributed by atoms with van der Waals surface area (Å²) in [7, 11) is 0. The zero-order chi connectivity index (χ0) is 13.8. The largest absolute Gasteiger partial charge is 0.481 e. The monoisotopic (exact) mass is 262 g/mol. The van der Waals surface area contributed by atoms with Crippen LogP contribution in [0.2, 0.25) is 0 Å². The van der Waals surface area contributed by atoms with Crippen LogP contribution in [-0.2, 0) is 11.3 Å². The van der Waals surface area contributed by atoms with Crippen LogP contribution >= 0.6 is 0 Å². The van der Waals surface area contributed by atoms with Gasteiger partial charge in [-0.15, -0.1) is 0 Å². The van der Waals surface area contributed by atoms with Crippen molar-refractivity contribution >= 4 is 5.97 Å². The van der Waals surface area contributed by atoms with E-state index in [2.05, 4.69) is 16.8 Å². The third kappa shape index (κ3) is 3.32. The maximum atomic E-state index is 11.3. The SMILES string of the molecule is CCN(Cc1cccc(C)n1)C1CCCC1C(=O)O. The Morgan fingerprint density at radius 3 is 2.89 bits per heavy atom. The molecule has 4 nitrogen and oxygen atoms in total. The number of pyridine rings is 1. The Kier molecular flexibility index (Phi) is 4.53. The van der Waals surface area contributed by atoms with E-state index >= 15 is 0 Å². The van der Waals surface area contributed by atoms with Crippen molar-refractivity contribution in [1.29, 1.82) is 0 Å². The quantitative estimate of drug-likeness (QED) is 0.885. The molecule has 1 aromatic heterocycles. The minimum atomic E-state index is -0.654. The molecule has 0 aromatic carbocycles. The summed E-state index contributed by atoms with van der Waals surface area (Å²) in [6.45, 7) is 5.68. The summed E-state index contributed by atoms with van der Waals surface area (Å²) in [5, 5.41) is 9.30. The second-order valence-corrected chi connectivity index (χ2v) is 5.28. The van der Waals surface area contributed by atoms with Gasteiger partial charge in [-0.25, -0.2) is 0 Å². The molecule has 2 unspecified atom stereocenters. The Morgan fingerprint density at radius 1 is 1.47 bits per heavy atom. The highest BCUT2D eigenvalue weighted by Crippen LogP contribution is 2.30. The first-order valence-electron chi connectivity index (χ1n) is 7.01. The van der Waals surface area contributed by atoms with Crippen molar-refractivity contribution < 1.29 is 9.90 Å². The molecule has 2 atom stereocenters. The van der Waals surface area contributed by atoms with Gasteiger partial charge >= 0.3 is 5.97 Å². The molecule has 2 rings (SSSR count). The summed E-state index contributed by atoms with van der Waals surface area (Å²) >= 11 is 0. The van der Waals surface area contributed by atoms with Crippen molar-refractivity contribution in [2.75, 3.05) is 6.54 Å². The van der Waals surface area contributed by atoms with Crippen LogP contribution in [0.3, 0.4) is 0 Å². The molecule has 1 aromatic rings. The number of hydrogen-bond acceptors (Lipinski definition) is 3. The second-order valence-electron chi connectivity index (χ2n) is 5.28. The van der Waals surface area contributed by atoms with Crippen LogP contribution < -0.4 is 0 Å². The second kappa shape index (κ2) is 6.15. The Morgan fingerprint density at radius 2 is 2.26 bits per heavy atom. The fourth-order valence-electron chi connectivity index (χ4n) is 3.02. The van der Waals surface area contributed by atoms with Crippen molar-refractivity contribution in [3.63, 3.8) is 0 Å². The predicted molar refractivity (Wildman–Crippen MR) is 73.8 cm³/mol. The minimum Gasteiger partial charge on any atom is -0.481 e. The number of aromatic nitrogens is 1. The minimum absolute atomic E-state index is 0.157. The fourth-order valence-corrected chi connectivity index (χ4v) is 3.02. The van der Waals surface area contributed by atoms with Gasteiger partial charge in [0.05, 0.1) is 11.6 Å². The van der Waals surface area contributed by atoms with Crippen LogP contribution in [0.25, 0.3) is 0 Å². The van der Waals surface area contributed by atoms with E-state index in [-0.39, 0.29) is 12.0 Å². The number of aliphatic carboxylic acids is 1. The number of hydrogen-bond donors (Lipinski definition) is 1. The van der Waals surface area contributed by atoms with Crippen LogP contribution in [0.1, 0.15) is 37.6 Å². The summed E-state index contributed by atoms with van der Waals surface area (Å²) in [5.74, 6) is -0.872. The molecule has 1 aliphatic carbocycles. The molecule has 1 aliphatic rings. The first kappa shape index (κ1) is 14.0. The van der Waals surface area contributed by atoms with Gasteiger partial charge in [0, 0.05) is 18.3 Å². The van der Waals surface area contributed by atoms with Gasteiger partial charge in [-0.3, -0.25) is 14.7 Å². The summed E-state index contributed by atoms with van der Waals surface area (Å²) in [6, 6.07) is 6.16. The standard InChI is InChI=1S/C15H22N2O2/c1-3-17(10-12-7-4-6-11(2)16-12)14-9-5-8-13(14)15(18)19/h4,6-7,13-14H,3,5,8-10H2,1-2H3,(H,18,19). The van der Waals surface area contributed by atoms with Crippen LogP contribution in [0.4, 0.5) is 0 Å². The molecule has 1 N–H and O–H groups in total. The van der Waals surface area contributed by atoms with Crippen molar-refractivity contribution in [2.45, 2.75) is 45.7 Å². The van der Waals surface area contributed by atoms with Crippen molar-refractivity contribution in [3.05, 3.63) is 29.6 Å². The van der Waals surface area contributed by atoms with Crippen molar-refractivity contribution in [3.8, 4) is 0 Å². The van der Waals surface area contributed by atoms with Crippen LogP contribution in [0.5, 0.6) is 0 Å². The number of carbonyl (C=O) groups is 1. The van der Waals surface area contributed by atoms with Gasteiger partial charge in [0.15, 0.2) is 0 Å². The fraction of sp³-hybridized carbons (Fsp3) is 0.600. The molecule has 0 amide bonds. The molecule has 19 heavy (non-hydrogen) atoms. The number of aryl methyl sites for hydroxylation is 1. The molecule has 1 saturated carbocycles. The van der Waals surface area contributed by atoms with Crippen molar-refractivity contribution in [2.24, 2.45) is 5.92 Å². The van der Waals surface area contributed by atoms with Gasteiger partial charge in [-0.05, 0) is 38.4 Å². The van der Waals surface area contributed by atoms with Crippen LogP contribution in [0, 0.1) is 12.8 Å². The topological polar surface area (TPSA) is 53.4 Å². The Bertz CT molecular complexity index is 448. The first-order chi connectivity index (χ1) is 9.11. The van der Waals surface area contributed by atoms with E-state index < -0.39 is 5.97 Å². The number of carboxylic acids is 1. The van der Waals surface area contributed by atoms with E-state index in [1.165, 1.54) is 0 Å². The van der Waals surface area contributed by atoms with E-state index in [1.54, 1.807) is 0 Å². The average molecular weight is 262 g/mol. The number of carboxylic acid groups (broad SMARTS) is 1. The first-order valence-corrected chi connectivity index (χ1v) is 7.01. The molecule has 1 fully saturated rings. The molecular formula is C15H22N2O2. The molecule has 1 heterocycles. The molecule has 0 saturated heterocycles. The summed E-state index contributed by atoms with van der Waals surface area (Å²) in [5.41, 5.74) is 2.03. The van der Waals surface area contributed by atoms with Crippen LogP contribution in [-0.4, -0.2) is 33.5 Å². The Balaban J connectivity index is 2.09. The lowest BCUT2D eigenvalue weighted by Gasteiger charge is -2.30. The lowest BCUT2D eigenvalue weighted by atomic mass is 10.0. The van der Waals surface area contributed by atoms with Crippen LogP contribution in [0.15, 0.2) is 18.2 Å². The summed E-state index contributed by atoms with van der Waals surface area (Å²) in [6.07, 6.45) is 2.80. The van der Waals surface area contributed by atoms with E-state index in [0.717, 1.165) is 43.7 Å². The molecule has 0 bridgehead atoms. The molecule has 0 aliphatic heterocycles. The van der Waals surface area contributed by atoms with E-state index in [9.17, 15) is 9.90 Å². The zero-order valence-electron chi connectivity index (χ0n) is 11.7. The Hall–Kier alpha value is -1.42. The summed E-state index contributed by atoms with van der Waals surface area (Å²) in [4.78, 5) is 18.1. The number of nitrogens with zero attached hydrogens (tertiary/aromatic N) is 2. The van der Waals surface area contributed by atoms with E-state index in [4.69, 9.17) is 0 Å². The smallest absolute Gasteiger partial charge is 0.308 e. The molecule has 4 heteroatoms. The molecule has 0 spiro atoms. The molecular weight excluding hydrogens is 240 g/mol. The highest BCUT2D eigenvalue weighted by molar-refractivity contribution is 5.71. The zero-order valence-corrected chi connectivity index (χ0v) is 11.7. The van der Waals surface area contributed by atoms with Gasteiger partial charge in [0.2, 0.25) is 0 Å². The van der Waals surface area contributed by atoms with Gasteiger partial charge < -0.3 is 5.11 Å². The van der Waals surface area contributed by atoms with Gasteiger partial charge in [0.1, 0.15) is 0 Å². The van der Waals surface area contributed by atoms with Gasteiger partial charge in [0.25, 0.3) is 0 Å². The maximum absolute atomic E-state index is 11.3. The maximum Gasteiger partial charge on any atom is 0.308 e. The normalized spacial score (nSPS) is 22.9. The lowest BCUT2D eigenvalue weighted by molar-refractivity contribution is -0.143. The van der Waals surface area contributed by atoms with E-state index in [0.29, 0.717) is 0 Å². The Labute approximate surface area is 114 Å². The third-order valence-corrected chi connectivity index (χ3v) is 3.98. The van der Waals surface area contributed by atoms with E-state index in [1.807, 2.05) is 25.1 Å². The average Bonchev–Trinajstić information content (AvgIpc) is 2.85. The van der Waals surface area contributed by atoms with Crippen molar-refractivity contribution in [1.82, 2.24) is 9.88 Å². The lowest BCUT2D eigenvalue weighted by Crippen LogP contribution is -2.40. The van der Waals surface area contributed by atoms with Gasteiger partial charge in [-0.2, -0.15) is 0 Å². The highest BCUT2D eigenvalue weighted by Gasteiger charge is 2.36. The predicted octanol–water partition coefficient (Wildman–Crippen LogP) is 2.47. The number of rotatable bonds is 5. The third-order valence-electron chi connectivity index (χ3n) is 3.98.